The van der Waals surface area contributed by atoms with Crippen LogP contribution in [0.25, 0.3) is 0 Å². The molecule has 0 aliphatic heterocycles. The average molecular weight is 292 g/mol. The monoisotopic (exact) mass is 292 g/mol. The zero-order valence-corrected chi connectivity index (χ0v) is 13.6. The molecule has 1 atom stereocenters. The topological polar surface area (TPSA) is 44.7 Å². The fourth-order valence-electron chi connectivity index (χ4n) is 3.27. The Bertz CT molecular complexity index is 468. The van der Waals surface area contributed by atoms with Gasteiger partial charge in [0.05, 0.1) is 7.11 Å². The lowest BCUT2D eigenvalue weighted by Crippen LogP contribution is -2.50. The van der Waals surface area contributed by atoms with Crippen LogP contribution in [0.5, 0.6) is 11.5 Å². The number of hydrogen-bond donors (Lipinski definition) is 2. The van der Waals surface area contributed by atoms with Gasteiger partial charge in [0.15, 0.2) is 0 Å². The lowest BCUT2D eigenvalue weighted by Gasteiger charge is -2.37. The molecule has 1 aliphatic rings. The Morgan fingerprint density at radius 1 is 1.33 bits per heavy atom. The average Bonchev–Trinajstić information content (AvgIpc) is 2.95. The number of phenolic OH excluding ortho intramolecular Hbond substituents is 1. The van der Waals surface area contributed by atoms with Gasteiger partial charge in [-0.2, -0.15) is 0 Å². The van der Waals surface area contributed by atoms with E-state index in [0.717, 1.165) is 17.9 Å². The molecule has 0 spiro atoms. The summed E-state index contributed by atoms with van der Waals surface area (Å²) >= 11 is 0. The van der Waals surface area contributed by atoms with Crippen molar-refractivity contribution >= 4 is 0 Å². The predicted molar refractivity (Wildman–Crippen MR) is 86.0 cm³/mol. The molecule has 0 amide bonds. The number of hydrogen-bond acceptors (Lipinski definition) is 4. The minimum atomic E-state index is 0.0949. The fourth-order valence-corrected chi connectivity index (χ4v) is 3.27. The quantitative estimate of drug-likeness (QED) is 0.846. The number of ether oxygens (including phenoxy) is 1. The molecule has 0 radical (unpaired) electrons. The van der Waals surface area contributed by atoms with Crippen molar-refractivity contribution in [1.82, 2.24) is 10.2 Å². The van der Waals surface area contributed by atoms with Crippen molar-refractivity contribution in [2.45, 2.75) is 44.2 Å². The molecule has 0 saturated heterocycles. The maximum absolute atomic E-state index is 10.1. The second kappa shape index (κ2) is 6.67. The van der Waals surface area contributed by atoms with Gasteiger partial charge in [0, 0.05) is 23.7 Å². The number of benzene rings is 1. The van der Waals surface area contributed by atoms with Crippen molar-refractivity contribution in [3.05, 3.63) is 23.8 Å². The highest BCUT2D eigenvalue weighted by molar-refractivity contribution is 5.41. The van der Waals surface area contributed by atoms with E-state index < -0.39 is 0 Å². The first-order chi connectivity index (χ1) is 9.98. The second-order valence-electron chi connectivity index (χ2n) is 6.35. The number of nitrogens with one attached hydrogen (secondary N) is 1. The van der Waals surface area contributed by atoms with Crippen LogP contribution in [0, 0.1) is 0 Å². The van der Waals surface area contributed by atoms with Gasteiger partial charge < -0.3 is 20.1 Å². The summed E-state index contributed by atoms with van der Waals surface area (Å²) in [5.74, 6) is 1.10. The minimum Gasteiger partial charge on any atom is -0.508 e. The zero-order valence-electron chi connectivity index (χ0n) is 13.6. The van der Waals surface area contributed by atoms with Crippen LogP contribution >= 0.6 is 0 Å². The molecule has 2 N–H and O–H groups in total. The lowest BCUT2D eigenvalue weighted by molar-refractivity contribution is 0.150. The third-order valence-electron chi connectivity index (χ3n) is 4.92. The van der Waals surface area contributed by atoms with E-state index in [4.69, 9.17) is 4.74 Å². The Labute approximate surface area is 128 Å². The Kier molecular flexibility index (Phi) is 5.12. The van der Waals surface area contributed by atoms with Gasteiger partial charge in [-0.05, 0) is 52.1 Å². The smallest absolute Gasteiger partial charge is 0.120 e. The van der Waals surface area contributed by atoms with Crippen molar-refractivity contribution in [2.75, 3.05) is 27.7 Å². The van der Waals surface area contributed by atoms with Crippen molar-refractivity contribution < 1.29 is 9.84 Å². The van der Waals surface area contributed by atoms with Crippen LogP contribution in [0.15, 0.2) is 18.2 Å². The van der Waals surface area contributed by atoms with E-state index in [1.807, 2.05) is 6.07 Å². The first-order valence-electron chi connectivity index (χ1n) is 7.76. The van der Waals surface area contributed by atoms with Gasteiger partial charge in [-0.25, -0.2) is 0 Å². The molecule has 1 saturated carbocycles. The van der Waals surface area contributed by atoms with Crippen molar-refractivity contribution in [3.8, 4) is 11.5 Å². The summed E-state index contributed by atoms with van der Waals surface area (Å²) in [4.78, 5) is 2.35. The van der Waals surface area contributed by atoms with E-state index in [1.54, 1.807) is 19.2 Å². The molecule has 4 nitrogen and oxygen atoms in total. The SMILES string of the molecule is COc1ccc(O)c(C(C)NCC2(N(C)C)CCCC2)c1. The number of methoxy groups -OCH3 is 1. The third-order valence-corrected chi connectivity index (χ3v) is 4.92. The van der Waals surface area contributed by atoms with Gasteiger partial charge in [-0.1, -0.05) is 12.8 Å². The Balaban J connectivity index is 2.06. The van der Waals surface area contributed by atoms with E-state index >= 15 is 0 Å². The number of rotatable bonds is 6. The molecule has 118 valence electrons. The molecule has 21 heavy (non-hydrogen) atoms. The number of aromatic hydroxyl groups is 1. The largest absolute Gasteiger partial charge is 0.508 e. The zero-order chi connectivity index (χ0) is 15.5. The van der Waals surface area contributed by atoms with E-state index in [0.29, 0.717) is 5.75 Å². The molecular formula is C17H28N2O2. The van der Waals surface area contributed by atoms with Crippen molar-refractivity contribution in [2.24, 2.45) is 0 Å². The van der Waals surface area contributed by atoms with Crippen LogP contribution < -0.4 is 10.1 Å². The maximum atomic E-state index is 10.1. The van der Waals surface area contributed by atoms with Gasteiger partial charge in [-0.3, -0.25) is 0 Å². The molecule has 0 aromatic heterocycles. The first-order valence-corrected chi connectivity index (χ1v) is 7.76. The second-order valence-corrected chi connectivity index (χ2v) is 6.35. The van der Waals surface area contributed by atoms with E-state index in [2.05, 4.69) is 31.2 Å². The van der Waals surface area contributed by atoms with Crippen molar-refractivity contribution in [1.29, 1.82) is 0 Å². The van der Waals surface area contributed by atoms with Crippen LogP contribution in [-0.2, 0) is 0 Å². The fraction of sp³-hybridized carbons (Fsp3) is 0.647. The Morgan fingerprint density at radius 3 is 2.57 bits per heavy atom. The predicted octanol–water partition coefficient (Wildman–Crippen LogP) is 2.93. The van der Waals surface area contributed by atoms with Gasteiger partial charge in [0.25, 0.3) is 0 Å². The summed E-state index contributed by atoms with van der Waals surface area (Å²) < 4.78 is 5.25. The molecular weight excluding hydrogens is 264 g/mol. The summed E-state index contributed by atoms with van der Waals surface area (Å²) in [6, 6.07) is 5.48. The Morgan fingerprint density at radius 2 is 2.00 bits per heavy atom. The summed E-state index contributed by atoms with van der Waals surface area (Å²) in [7, 11) is 5.98. The molecule has 1 unspecified atom stereocenters. The minimum absolute atomic E-state index is 0.0949. The third kappa shape index (κ3) is 3.50. The summed E-state index contributed by atoms with van der Waals surface area (Å²) in [5, 5.41) is 13.7. The normalized spacial score (nSPS) is 18.9. The highest BCUT2D eigenvalue weighted by atomic mass is 16.5. The van der Waals surface area contributed by atoms with Crippen LogP contribution in [-0.4, -0.2) is 43.3 Å². The molecule has 1 aromatic rings. The van der Waals surface area contributed by atoms with E-state index in [1.165, 1.54) is 25.7 Å². The first kappa shape index (κ1) is 16.1. The molecule has 1 aliphatic carbocycles. The number of nitrogens with zero attached hydrogens (tertiary/aromatic N) is 1. The van der Waals surface area contributed by atoms with Crippen LogP contribution in [0.2, 0.25) is 0 Å². The van der Waals surface area contributed by atoms with Gasteiger partial charge >= 0.3 is 0 Å². The van der Waals surface area contributed by atoms with Gasteiger partial charge in [0.2, 0.25) is 0 Å². The molecule has 1 fully saturated rings. The molecule has 2 rings (SSSR count). The number of likely N-dealkylation sites (N-methyl/N-ethyl adjacent to an activating group) is 1. The van der Waals surface area contributed by atoms with Crippen molar-refractivity contribution in [3.63, 3.8) is 0 Å². The van der Waals surface area contributed by atoms with Crippen LogP contribution in [0.4, 0.5) is 0 Å². The summed E-state index contributed by atoms with van der Waals surface area (Å²) in [6.07, 6.45) is 5.09. The lowest BCUT2D eigenvalue weighted by atomic mass is 9.95. The maximum Gasteiger partial charge on any atom is 0.120 e. The van der Waals surface area contributed by atoms with Gasteiger partial charge in [0.1, 0.15) is 11.5 Å². The number of phenols is 1. The summed E-state index contributed by atoms with van der Waals surface area (Å²) in [5.41, 5.74) is 1.14. The highest BCUT2D eigenvalue weighted by Gasteiger charge is 2.35. The standard InChI is InChI=1S/C17H28N2O2/c1-13(15-11-14(21-4)7-8-16(15)20)18-12-17(19(2)3)9-5-6-10-17/h7-8,11,13,18,20H,5-6,9-10,12H2,1-4H3. The molecule has 4 heteroatoms. The van der Waals surface area contributed by atoms with Crippen LogP contribution in [0.3, 0.4) is 0 Å². The van der Waals surface area contributed by atoms with Crippen LogP contribution in [0.1, 0.15) is 44.2 Å². The molecule has 0 heterocycles. The Hall–Kier alpha value is -1.26. The highest BCUT2D eigenvalue weighted by Crippen LogP contribution is 2.34. The van der Waals surface area contributed by atoms with E-state index in [-0.39, 0.29) is 11.6 Å². The summed E-state index contributed by atoms with van der Waals surface area (Å²) in [6.45, 7) is 3.03. The van der Waals surface area contributed by atoms with E-state index in [9.17, 15) is 5.11 Å². The molecule has 0 bridgehead atoms. The van der Waals surface area contributed by atoms with Gasteiger partial charge in [-0.15, -0.1) is 0 Å². The molecule has 1 aromatic carbocycles.